The molecule has 2 nitrogen and oxygen atoms in total. The zero-order chi connectivity index (χ0) is 14.0. The van der Waals surface area contributed by atoms with E-state index in [1.807, 2.05) is 0 Å². The van der Waals surface area contributed by atoms with Crippen molar-refractivity contribution in [3.63, 3.8) is 0 Å². The Bertz CT molecular complexity index is 602. The molecule has 0 bridgehead atoms. The van der Waals surface area contributed by atoms with Crippen LogP contribution in [-0.4, -0.2) is 12.2 Å². The number of methoxy groups -OCH3 is 1. The number of para-hydroxylation sites is 1. The molecular weight excluding hydrogens is 318 g/mol. The molecule has 0 amide bonds. The molecule has 0 saturated carbocycles. The van der Waals surface area contributed by atoms with Crippen molar-refractivity contribution < 1.29 is 18.6 Å². The van der Waals surface area contributed by atoms with Crippen LogP contribution < -0.4 is 4.74 Å². The van der Waals surface area contributed by atoms with Gasteiger partial charge in [0.2, 0.25) is 0 Å². The summed E-state index contributed by atoms with van der Waals surface area (Å²) in [4.78, 5) is 0. The molecule has 19 heavy (non-hydrogen) atoms. The van der Waals surface area contributed by atoms with Crippen molar-refractivity contribution in [3.8, 4) is 5.75 Å². The average molecular weight is 329 g/mol. The van der Waals surface area contributed by atoms with Gasteiger partial charge in [-0.3, -0.25) is 0 Å². The summed E-state index contributed by atoms with van der Waals surface area (Å²) >= 11 is 2.89. The van der Waals surface area contributed by atoms with E-state index in [9.17, 15) is 13.9 Å². The monoisotopic (exact) mass is 328 g/mol. The normalized spacial score (nSPS) is 12.3. The number of aliphatic hydroxyl groups is 1. The van der Waals surface area contributed by atoms with Crippen LogP contribution in [-0.2, 0) is 0 Å². The van der Waals surface area contributed by atoms with E-state index in [2.05, 4.69) is 15.9 Å². The minimum atomic E-state index is -1.29. The Kier molecular flexibility index (Phi) is 4.17. The van der Waals surface area contributed by atoms with Gasteiger partial charge in [0.25, 0.3) is 0 Å². The first-order valence-electron chi connectivity index (χ1n) is 5.50. The summed E-state index contributed by atoms with van der Waals surface area (Å²) < 4.78 is 32.4. The quantitative estimate of drug-likeness (QED) is 0.868. The molecule has 1 unspecified atom stereocenters. The lowest BCUT2D eigenvalue weighted by molar-refractivity contribution is 0.209. The largest absolute Gasteiger partial charge is 0.496 e. The van der Waals surface area contributed by atoms with Crippen molar-refractivity contribution in [2.24, 2.45) is 0 Å². The highest BCUT2D eigenvalue weighted by molar-refractivity contribution is 9.10. The second kappa shape index (κ2) is 5.67. The lowest BCUT2D eigenvalue weighted by atomic mass is 10.00. The zero-order valence-electron chi connectivity index (χ0n) is 10.0. The molecule has 0 aromatic heterocycles. The molecule has 0 radical (unpaired) electrons. The summed E-state index contributed by atoms with van der Waals surface area (Å²) in [6.07, 6.45) is -1.29. The minimum Gasteiger partial charge on any atom is -0.496 e. The fourth-order valence-electron chi connectivity index (χ4n) is 1.81. The highest BCUT2D eigenvalue weighted by Gasteiger charge is 2.20. The minimum absolute atomic E-state index is 0.0148. The van der Waals surface area contributed by atoms with Gasteiger partial charge < -0.3 is 9.84 Å². The van der Waals surface area contributed by atoms with E-state index in [4.69, 9.17) is 4.74 Å². The van der Waals surface area contributed by atoms with Gasteiger partial charge in [-0.05, 0) is 34.1 Å². The number of benzene rings is 2. The molecule has 0 spiro atoms. The van der Waals surface area contributed by atoms with E-state index in [1.54, 1.807) is 24.3 Å². The summed E-state index contributed by atoms with van der Waals surface area (Å²) in [5.41, 5.74) is 0.246. The van der Waals surface area contributed by atoms with Gasteiger partial charge in [-0.1, -0.05) is 18.2 Å². The van der Waals surface area contributed by atoms with Crippen LogP contribution in [0.4, 0.5) is 8.78 Å². The molecule has 2 aromatic carbocycles. The van der Waals surface area contributed by atoms with Gasteiger partial charge >= 0.3 is 0 Å². The highest BCUT2D eigenvalue weighted by Crippen LogP contribution is 2.32. The maximum Gasteiger partial charge on any atom is 0.137 e. The number of rotatable bonds is 3. The van der Waals surface area contributed by atoms with Crippen molar-refractivity contribution in [2.75, 3.05) is 7.11 Å². The van der Waals surface area contributed by atoms with Crippen LogP contribution in [0.5, 0.6) is 5.75 Å². The Balaban J connectivity index is 2.50. The molecule has 0 heterocycles. The highest BCUT2D eigenvalue weighted by atomic mass is 79.9. The first-order valence-corrected chi connectivity index (χ1v) is 6.29. The van der Waals surface area contributed by atoms with E-state index in [-0.39, 0.29) is 10.0 Å². The van der Waals surface area contributed by atoms with Gasteiger partial charge in [0, 0.05) is 11.1 Å². The molecule has 2 aromatic rings. The molecule has 100 valence electrons. The fourth-order valence-corrected chi connectivity index (χ4v) is 2.12. The summed E-state index contributed by atoms with van der Waals surface area (Å²) in [6.45, 7) is 0. The lowest BCUT2D eigenvalue weighted by Crippen LogP contribution is -2.05. The molecule has 5 heteroatoms. The van der Waals surface area contributed by atoms with Crippen molar-refractivity contribution >= 4 is 15.9 Å². The number of ether oxygens (including phenoxy) is 1. The second-order valence-electron chi connectivity index (χ2n) is 3.93. The van der Waals surface area contributed by atoms with E-state index in [0.717, 1.165) is 12.1 Å². The SMILES string of the molecule is COc1ccccc1C(O)c1cc(F)c(Br)cc1F. The molecule has 0 fully saturated rings. The van der Waals surface area contributed by atoms with Gasteiger partial charge in [0.15, 0.2) is 0 Å². The van der Waals surface area contributed by atoms with Crippen LogP contribution in [0.1, 0.15) is 17.2 Å². The molecule has 0 aliphatic heterocycles. The molecule has 0 aliphatic carbocycles. The topological polar surface area (TPSA) is 29.5 Å². The third kappa shape index (κ3) is 2.77. The predicted octanol–water partition coefficient (Wildman–Crippen LogP) is 3.82. The average Bonchev–Trinajstić information content (AvgIpc) is 2.42. The Morgan fingerprint density at radius 2 is 1.79 bits per heavy atom. The summed E-state index contributed by atoms with van der Waals surface area (Å²) in [5, 5.41) is 10.2. The van der Waals surface area contributed by atoms with Gasteiger partial charge in [-0.15, -0.1) is 0 Å². The zero-order valence-corrected chi connectivity index (χ0v) is 11.6. The number of hydrogen-bond acceptors (Lipinski definition) is 2. The van der Waals surface area contributed by atoms with Crippen LogP contribution in [0.15, 0.2) is 40.9 Å². The van der Waals surface area contributed by atoms with Crippen molar-refractivity contribution in [1.82, 2.24) is 0 Å². The Morgan fingerprint density at radius 1 is 1.11 bits per heavy atom. The number of halogens is 3. The Morgan fingerprint density at radius 3 is 2.47 bits per heavy atom. The number of aliphatic hydroxyl groups excluding tert-OH is 1. The van der Waals surface area contributed by atoms with Gasteiger partial charge in [-0.2, -0.15) is 0 Å². The molecule has 1 atom stereocenters. The maximum absolute atomic E-state index is 13.8. The van der Waals surface area contributed by atoms with Gasteiger partial charge in [0.1, 0.15) is 23.5 Å². The smallest absolute Gasteiger partial charge is 0.137 e. The molecule has 1 N–H and O–H groups in total. The van der Waals surface area contributed by atoms with Crippen LogP contribution in [0.3, 0.4) is 0 Å². The van der Waals surface area contributed by atoms with Crippen LogP contribution in [0.2, 0.25) is 0 Å². The van der Waals surface area contributed by atoms with E-state index >= 15 is 0 Å². The molecular formula is C14H11BrF2O2. The van der Waals surface area contributed by atoms with Crippen molar-refractivity contribution in [1.29, 1.82) is 0 Å². The molecule has 2 rings (SSSR count). The van der Waals surface area contributed by atoms with Crippen LogP contribution in [0, 0.1) is 11.6 Å². The first kappa shape index (κ1) is 14.0. The van der Waals surface area contributed by atoms with Crippen LogP contribution in [0.25, 0.3) is 0 Å². The summed E-state index contributed by atoms with van der Waals surface area (Å²) in [5.74, 6) is -0.908. The summed E-state index contributed by atoms with van der Waals surface area (Å²) in [7, 11) is 1.45. The van der Waals surface area contributed by atoms with Gasteiger partial charge in [-0.25, -0.2) is 8.78 Å². The van der Waals surface area contributed by atoms with E-state index in [1.165, 1.54) is 7.11 Å². The third-order valence-corrected chi connectivity index (χ3v) is 3.38. The summed E-state index contributed by atoms with van der Waals surface area (Å²) in [6, 6.07) is 8.62. The fraction of sp³-hybridized carbons (Fsp3) is 0.143. The third-order valence-electron chi connectivity index (χ3n) is 2.77. The van der Waals surface area contributed by atoms with Gasteiger partial charge in [0.05, 0.1) is 11.6 Å². The standard InChI is InChI=1S/C14H11BrF2O2/c1-19-13-5-3-2-4-8(13)14(18)9-6-12(17)10(15)7-11(9)16/h2-7,14,18H,1H3. The Labute approximate surface area is 117 Å². The number of hydrogen-bond donors (Lipinski definition) is 1. The Hall–Kier alpha value is -1.46. The maximum atomic E-state index is 13.8. The van der Waals surface area contributed by atoms with E-state index < -0.39 is 17.7 Å². The predicted molar refractivity (Wildman–Crippen MR) is 71.1 cm³/mol. The van der Waals surface area contributed by atoms with E-state index in [0.29, 0.717) is 11.3 Å². The van der Waals surface area contributed by atoms with Crippen molar-refractivity contribution in [3.05, 3.63) is 63.6 Å². The van der Waals surface area contributed by atoms with Crippen molar-refractivity contribution in [2.45, 2.75) is 6.10 Å². The van der Waals surface area contributed by atoms with Crippen LogP contribution >= 0.6 is 15.9 Å². The first-order chi connectivity index (χ1) is 9.04. The molecule has 0 saturated heterocycles. The second-order valence-corrected chi connectivity index (χ2v) is 4.79. The lowest BCUT2D eigenvalue weighted by Gasteiger charge is -2.16. The molecule has 0 aliphatic rings.